The monoisotopic (exact) mass is 534 g/mol. The topological polar surface area (TPSA) is 204 Å². The van der Waals surface area contributed by atoms with E-state index in [4.69, 9.17) is 33.2 Å². The summed E-state index contributed by atoms with van der Waals surface area (Å²) in [6, 6.07) is -2.19. The Bertz CT molecular complexity index is 864. The Hall–Kier alpha value is -1.50. The minimum Gasteiger partial charge on any atom is -0.394 e. The third kappa shape index (κ3) is 4.98. The summed E-state index contributed by atoms with van der Waals surface area (Å²) >= 11 is 0. The fraction of sp³-hybridized carbons (Fsp3) is 0.909. The molecule has 6 aliphatic heterocycles. The van der Waals surface area contributed by atoms with Crippen molar-refractivity contribution in [2.24, 2.45) is 0 Å². The van der Waals surface area contributed by atoms with Gasteiger partial charge >= 0.3 is 0 Å². The number of hydrogen-bond donors (Lipinski definition) is 6. The van der Waals surface area contributed by atoms with E-state index in [1.165, 1.54) is 13.8 Å². The fourth-order valence-electron chi connectivity index (χ4n) is 5.46. The molecular formula is C22H34N2O13. The molecule has 0 aliphatic carbocycles. The van der Waals surface area contributed by atoms with Crippen LogP contribution in [0.2, 0.25) is 0 Å². The molecule has 0 saturated carbocycles. The maximum atomic E-state index is 12.2. The van der Waals surface area contributed by atoms with Gasteiger partial charge in [0.25, 0.3) is 0 Å². The zero-order valence-corrected chi connectivity index (χ0v) is 20.5. The van der Waals surface area contributed by atoms with Gasteiger partial charge in [0.05, 0.1) is 19.3 Å². The molecule has 0 radical (unpaired) electrons. The first-order valence-electron chi connectivity index (χ1n) is 12.3. The van der Waals surface area contributed by atoms with Crippen LogP contribution >= 0.6 is 0 Å². The van der Waals surface area contributed by atoms with Crippen LogP contribution in [-0.4, -0.2) is 137 Å². The van der Waals surface area contributed by atoms with Crippen molar-refractivity contribution in [1.82, 2.24) is 10.6 Å². The smallest absolute Gasteiger partial charge is 0.217 e. The van der Waals surface area contributed by atoms with Crippen LogP contribution in [0.4, 0.5) is 0 Å². The maximum absolute atomic E-state index is 12.2. The number of rotatable bonds is 3. The lowest BCUT2D eigenvalue weighted by atomic mass is 9.92. The van der Waals surface area contributed by atoms with Crippen molar-refractivity contribution in [3.05, 3.63) is 0 Å². The van der Waals surface area contributed by atoms with Crippen LogP contribution in [0.5, 0.6) is 0 Å². The van der Waals surface area contributed by atoms with E-state index in [2.05, 4.69) is 10.6 Å². The summed E-state index contributed by atoms with van der Waals surface area (Å²) in [5, 5.41) is 48.6. The molecule has 6 fully saturated rings. The first-order chi connectivity index (χ1) is 17.6. The van der Waals surface area contributed by atoms with Crippen molar-refractivity contribution in [3.63, 3.8) is 0 Å². The van der Waals surface area contributed by atoms with Crippen LogP contribution < -0.4 is 10.6 Å². The molecule has 6 bridgehead atoms. The summed E-state index contributed by atoms with van der Waals surface area (Å²) < 4.78 is 41.5. The number of fused-ring (bicyclic) bond motifs is 3. The van der Waals surface area contributed by atoms with E-state index in [1.54, 1.807) is 6.92 Å². The molecular weight excluding hydrogens is 500 g/mol. The molecule has 6 heterocycles. The zero-order valence-electron chi connectivity index (χ0n) is 20.5. The number of ether oxygens (including phenoxy) is 7. The molecule has 6 N–H and O–H groups in total. The molecule has 6 rings (SSSR count). The largest absolute Gasteiger partial charge is 0.394 e. The van der Waals surface area contributed by atoms with Gasteiger partial charge in [-0.3, -0.25) is 9.59 Å². The lowest BCUT2D eigenvalue weighted by Gasteiger charge is -2.53. The Kier molecular flexibility index (Phi) is 7.74. The molecule has 15 nitrogen and oxygen atoms in total. The lowest BCUT2D eigenvalue weighted by Crippen LogP contribution is -2.73. The molecule has 0 aromatic rings. The van der Waals surface area contributed by atoms with Gasteiger partial charge in [0.2, 0.25) is 11.8 Å². The van der Waals surface area contributed by atoms with Gasteiger partial charge in [0.1, 0.15) is 67.0 Å². The number of carbonyl (C=O) groups excluding carboxylic acids is 2. The third-order valence-corrected chi connectivity index (χ3v) is 7.35. The Balaban J connectivity index is 1.59. The predicted octanol–water partition coefficient (Wildman–Crippen LogP) is -4.17. The molecule has 15 heteroatoms. The molecule has 6 saturated heterocycles. The maximum Gasteiger partial charge on any atom is 0.217 e. The molecule has 0 unspecified atom stereocenters. The Morgan fingerprint density at radius 1 is 0.730 bits per heavy atom. The van der Waals surface area contributed by atoms with Crippen LogP contribution in [0, 0.1) is 0 Å². The molecule has 37 heavy (non-hydrogen) atoms. The molecule has 15 atom stereocenters. The molecule has 2 amide bonds. The number of hydrogen-bond acceptors (Lipinski definition) is 13. The average Bonchev–Trinajstić information content (AvgIpc) is 2.82. The zero-order chi connectivity index (χ0) is 26.6. The van der Waals surface area contributed by atoms with Crippen LogP contribution in [0.3, 0.4) is 0 Å². The van der Waals surface area contributed by atoms with Crippen LogP contribution in [0.25, 0.3) is 0 Å². The average molecular weight is 535 g/mol. The third-order valence-electron chi connectivity index (χ3n) is 7.35. The van der Waals surface area contributed by atoms with E-state index < -0.39 is 110 Å². The lowest BCUT2D eigenvalue weighted by molar-refractivity contribution is -0.372. The normalized spacial score (nSPS) is 51.4. The summed E-state index contributed by atoms with van der Waals surface area (Å²) in [4.78, 5) is 24.2. The highest BCUT2D eigenvalue weighted by Gasteiger charge is 2.59. The van der Waals surface area contributed by atoms with Crippen molar-refractivity contribution in [1.29, 1.82) is 0 Å². The van der Waals surface area contributed by atoms with Gasteiger partial charge in [-0.1, -0.05) is 0 Å². The molecule has 0 aromatic carbocycles. The van der Waals surface area contributed by atoms with Crippen LogP contribution in [0.15, 0.2) is 0 Å². The second kappa shape index (κ2) is 10.6. The first-order valence-corrected chi connectivity index (χ1v) is 12.3. The highest BCUT2D eigenvalue weighted by atomic mass is 16.8. The van der Waals surface area contributed by atoms with E-state index in [0.717, 1.165) is 0 Å². The van der Waals surface area contributed by atoms with E-state index in [-0.39, 0.29) is 6.61 Å². The summed E-state index contributed by atoms with van der Waals surface area (Å²) in [6.07, 6.45) is -15.1. The Morgan fingerprint density at radius 2 is 1.35 bits per heavy atom. The van der Waals surface area contributed by atoms with Gasteiger partial charge in [-0.2, -0.15) is 0 Å². The predicted molar refractivity (Wildman–Crippen MR) is 116 cm³/mol. The standard InChI is InChI=1S/C22H34N2O13/c1-6-13(28)19-15(30)22(32-6)35-16-9(4-25)33-20(11(14(16)29)23-7(2)26)36-18-12(24-8(3)27)21(37-19)34-10-5-31-17(10)18/h6,9-22,25,28-30H,4-5H2,1-3H3,(H,23,26)(H,24,27)/t6-,9+,10+,11+,12+,13-,14+,15+,16+,17+,18+,19+,20-,21-,22+/m0/s1. The number of aliphatic hydroxyl groups is 4. The number of nitrogens with one attached hydrogen (secondary N) is 2. The second-order valence-electron chi connectivity index (χ2n) is 10.0. The summed E-state index contributed by atoms with van der Waals surface area (Å²) in [7, 11) is 0. The van der Waals surface area contributed by atoms with Crippen LogP contribution in [0.1, 0.15) is 20.8 Å². The van der Waals surface area contributed by atoms with Crippen molar-refractivity contribution in [2.75, 3.05) is 13.2 Å². The Morgan fingerprint density at radius 3 is 1.97 bits per heavy atom. The van der Waals surface area contributed by atoms with Crippen molar-refractivity contribution in [2.45, 2.75) is 113 Å². The van der Waals surface area contributed by atoms with Gasteiger partial charge in [0, 0.05) is 13.8 Å². The van der Waals surface area contributed by atoms with Gasteiger partial charge in [-0.15, -0.1) is 0 Å². The Labute approximate surface area is 212 Å². The van der Waals surface area contributed by atoms with E-state index in [9.17, 15) is 30.0 Å². The highest BCUT2D eigenvalue weighted by molar-refractivity contribution is 5.73. The number of aliphatic hydroxyl groups excluding tert-OH is 4. The van der Waals surface area contributed by atoms with Crippen molar-refractivity contribution >= 4 is 11.8 Å². The quantitative estimate of drug-likeness (QED) is 0.204. The SMILES string of the molecule is CC(=O)N[C@H]1[C@@H]2O[C@@H]3[C@@H](NC(C)=O)[C@H](O[C@@H]4[C@@H](O)[C@H](C)O[C@H](O[C@@H]([C@@H]1O)[C@@H](CO)O2)[C@@H]4O)O[C@@H]1CO[C@@H]31. The molecule has 210 valence electrons. The van der Waals surface area contributed by atoms with E-state index in [0.29, 0.717) is 0 Å². The van der Waals surface area contributed by atoms with Gasteiger partial charge in [0.15, 0.2) is 18.9 Å². The minimum atomic E-state index is -1.58. The number of carbonyl (C=O) groups is 2. The first kappa shape index (κ1) is 27.1. The summed E-state index contributed by atoms with van der Waals surface area (Å²) in [6.45, 7) is 3.67. The van der Waals surface area contributed by atoms with Gasteiger partial charge < -0.3 is 64.2 Å². The molecule has 6 aliphatic rings. The van der Waals surface area contributed by atoms with E-state index in [1.807, 2.05) is 0 Å². The number of amides is 2. The fourth-order valence-corrected chi connectivity index (χ4v) is 5.46. The van der Waals surface area contributed by atoms with Crippen molar-refractivity contribution < 1.29 is 63.2 Å². The summed E-state index contributed by atoms with van der Waals surface area (Å²) in [5.41, 5.74) is 0. The van der Waals surface area contributed by atoms with E-state index >= 15 is 0 Å². The molecule has 0 aromatic heterocycles. The van der Waals surface area contributed by atoms with Crippen LogP contribution in [-0.2, 0) is 42.7 Å². The minimum absolute atomic E-state index is 0.197. The van der Waals surface area contributed by atoms with Gasteiger partial charge in [-0.05, 0) is 6.92 Å². The molecule has 0 spiro atoms. The van der Waals surface area contributed by atoms with Crippen molar-refractivity contribution in [3.8, 4) is 0 Å². The van der Waals surface area contributed by atoms with Gasteiger partial charge in [-0.25, -0.2) is 0 Å². The summed E-state index contributed by atoms with van der Waals surface area (Å²) in [5.74, 6) is -0.946. The second-order valence-corrected chi connectivity index (χ2v) is 10.0. The highest BCUT2D eigenvalue weighted by Crippen LogP contribution is 2.38.